The van der Waals surface area contributed by atoms with E-state index in [4.69, 9.17) is 21.6 Å². The van der Waals surface area contributed by atoms with Crippen molar-refractivity contribution in [2.45, 2.75) is 6.92 Å². The number of aryl methyl sites for hydroxylation is 1. The van der Waals surface area contributed by atoms with Crippen molar-refractivity contribution in [3.8, 4) is 5.69 Å². The summed E-state index contributed by atoms with van der Waals surface area (Å²) in [5.41, 5.74) is 1.97. The first kappa shape index (κ1) is 11.2. The fourth-order valence-corrected chi connectivity index (χ4v) is 1.70. The lowest BCUT2D eigenvalue weighted by Crippen LogP contribution is -2.30. The third-order valence-corrected chi connectivity index (χ3v) is 2.58. The molecular formula is C10H10BClN2O2. The monoisotopic (exact) mass is 236 g/mol. The van der Waals surface area contributed by atoms with E-state index in [0.29, 0.717) is 5.02 Å². The SMILES string of the molecule is Cc1ccn(-c2ccc(B(O)O)c(Cl)c2)n1. The van der Waals surface area contributed by atoms with Gasteiger partial charge in [0.1, 0.15) is 0 Å². The average Bonchev–Trinajstić information content (AvgIpc) is 2.64. The second-order valence-corrected chi connectivity index (χ2v) is 3.89. The molecule has 0 bridgehead atoms. The summed E-state index contributed by atoms with van der Waals surface area (Å²) >= 11 is 5.92. The first-order valence-corrected chi connectivity index (χ1v) is 5.14. The third kappa shape index (κ3) is 2.11. The van der Waals surface area contributed by atoms with Crippen LogP contribution >= 0.6 is 11.6 Å². The molecule has 16 heavy (non-hydrogen) atoms. The smallest absolute Gasteiger partial charge is 0.423 e. The van der Waals surface area contributed by atoms with Crippen LogP contribution in [0.1, 0.15) is 5.69 Å². The van der Waals surface area contributed by atoms with E-state index in [1.54, 1.807) is 22.9 Å². The van der Waals surface area contributed by atoms with Gasteiger partial charge in [0.15, 0.2) is 0 Å². The van der Waals surface area contributed by atoms with Crippen molar-refractivity contribution in [1.82, 2.24) is 9.78 Å². The number of hydrogen-bond donors (Lipinski definition) is 2. The molecule has 0 aliphatic heterocycles. The molecule has 1 aromatic heterocycles. The molecule has 0 spiro atoms. The van der Waals surface area contributed by atoms with Crippen LogP contribution in [0.2, 0.25) is 5.02 Å². The minimum atomic E-state index is -1.55. The standard InChI is InChI=1S/C10H10BClN2O2/c1-7-4-5-14(13-7)8-2-3-9(11(15)16)10(12)6-8/h2-6,15-16H,1H3. The Hall–Kier alpha value is -1.30. The predicted molar refractivity (Wildman–Crippen MR) is 63.1 cm³/mol. The topological polar surface area (TPSA) is 58.3 Å². The van der Waals surface area contributed by atoms with Crippen molar-refractivity contribution in [1.29, 1.82) is 0 Å². The van der Waals surface area contributed by atoms with Crippen molar-refractivity contribution in [3.63, 3.8) is 0 Å². The van der Waals surface area contributed by atoms with E-state index in [2.05, 4.69) is 5.10 Å². The molecule has 2 aromatic rings. The summed E-state index contributed by atoms with van der Waals surface area (Å²) in [5.74, 6) is 0. The maximum absolute atomic E-state index is 9.02. The fourth-order valence-electron chi connectivity index (χ4n) is 1.43. The van der Waals surface area contributed by atoms with Gasteiger partial charge < -0.3 is 10.0 Å². The Bertz CT molecular complexity index is 513. The quantitative estimate of drug-likeness (QED) is 0.747. The molecule has 82 valence electrons. The van der Waals surface area contributed by atoms with Crippen LogP contribution in [0.25, 0.3) is 5.69 Å². The summed E-state index contributed by atoms with van der Waals surface area (Å²) in [6.07, 6.45) is 1.82. The number of hydrogen-bond acceptors (Lipinski definition) is 3. The number of halogens is 1. The summed E-state index contributed by atoms with van der Waals surface area (Å²) in [5, 5.41) is 22.6. The van der Waals surface area contributed by atoms with Crippen LogP contribution in [0, 0.1) is 6.92 Å². The highest BCUT2D eigenvalue weighted by molar-refractivity contribution is 6.62. The van der Waals surface area contributed by atoms with Crippen molar-refractivity contribution in [2.75, 3.05) is 0 Å². The Morgan fingerprint density at radius 1 is 1.31 bits per heavy atom. The molecule has 4 nitrogen and oxygen atoms in total. The zero-order valence-corrected chi connectivity index (χ0v) is 9.39. The van der Waals surface area contributed by atoms with Gasteiger partial charge in [-0.2, -0.15) is 5.10 Å². The summed E-state index contributed by atoms with van der Waals surface area (Å²) in [7, 11) is -1.55. The van der Waals surface area contributed by atoms with E-state index >= 15 is 0 Å². The summed E-state index contributed by atoms with van der Waals surface area (Å²) in [4.78, 5) is 0. The lowest BCUT2D eigenvalue weighted by Gasteiger charge is -2.06. The maximum atomic E-state index is 9.02. The molecule has 1 heterocycles. The minimum Gasteiger partial charge on any atom is -0.423 e. The zero-order valence-electron chi connectivity index (χ0n) is 8.63. The largest absolute Gasteiger partial charge is 0.489 e. The number of nitrogens with zero attached hydrogens (tertiary/aromatic N) is 2. The molecule has 0 aliphatic rings. The Kier molecular flexibility index (Phi) is 3.00. The highest BCUT2D eigenvalue weighted by Gasteiger charge is 2.15. The Labute approximate surface area is 98.2 Å². The molecule has 0 fully saturated rings. The van der Waals surface area contributed by atoms with Crippen molar-refractivity contribution in [2.24, 2.45) is 0 Å². The predicted octanol–water partition coefficient (Wildman–Crippen LogP) is 0.514. The van der Waals surface area contributed by atoms with Gasteiger partial charge in [0, 0.05) is 16.7 Å². The molecule has 0 radical (unpaired) electrons. The highest BCUT2D eigenvalue weighted by Crippen LogP contribution is 2.13. The van der Waals surface area contributed by atoms with Gasteiger partial charge in [-0.25, -0.2) is 4.68 Å². The zero-order chi connectivity index (χ0) is 11.7. The molecule has 0 unspecified atom stereocenters. The lowest BCUT2D eigenvalue weighted by molar-refractivity contribution is 0.426. The molecule has 1 aromatic carbocycles. The van der Waals surface area contributed by atoms with Gasteiger partial charge in [0.25, 0.3) is 0 Å². The van der Waals surface area contributed by atoms with E-state index in [1.807, 2.05) is 19.2 Å². The van der Waals surface area contributed by atoms with Gasteiger partial charge in [-0.15, -0.1) is 0 Å². The normalized spacial score (nSPS) is 10.5. The van der Waals surface area contributed by atoms with Crippen LogP contribution in [-0.2, 0) is 0 Å². The Morgan fingerprint density at radius 2 is 2.06 bits per heavy atom. The minimum absolute atomic E-state index is 0.286. The van der Waals surface area contributed by atoms with Crippen molar-refractivity contribution < 1.29 is 10.0 Å². The fraction of sp³-hybridized carbons (Fsp3) is 0.100. The number of aromatic nitrogens is 2. The maximum Gasteiger partial charge on any atom is 0.489 e. The van der Waals surface area contributed by atoms with Crippen LogP contribution in [0.4, 0.5) is 0 Å². The molecule has 0 saturated carbocycles. The average molecular weight is 236 g/mol. The van der Waals surface area contributed by atoms with Crippen LogP contribution in [-0.4, -0.2) is 26.9 Å². The molecule has 0 aliphatic carbocycles. The van der Waals surface area contributed by atoms with E-state index in [0.717, 1.165) is 11.4 Å². The van der Waals surface area contributed by atoms with Crippen molar-refractivity contribution in [3.05, 3.63) is 41.2 Å². The highest BCUT2D eigenvalue weighted by atomic mass is 35.5. The van der Waals surface area contributed by atoms with E-state index in [1.165, 1.54) is 0 Å². The Morgan fingerprint density at radius 3 is 2.56 bits per heavy atom. The molecule has 0 atom stereocenters. The van der Waals surface area contributed by atoms with Crippen LogP contribution in [0.3, 0.4) is 0 Å². The molecule has 2 rings (SSSR count). The van der Waals surface area contributed by atoms with Crippen LogP contribution in [0.15, 0.2) is 30.5 Å². The lowest BCUT2D eigenvalue weighted by atomic mass is 9.80. The van der Waals surface area contributed by atoms with Crippen LogP contribution < -0.4 is 5.46 Å². The molecular weight excluding hydrogens is 226 g/mol. The van der Waals surface area contributed by atoms with Gasteiger partial charge in [0.2, 0.25) is 0 Å². The van der Waals surface area contributed by atoms with Crippen LogP contribution in [0.5, 0.6) is 0 Å². The molecule has 0 saturated heterocycles. The molecule has 6 heteroatoms. The first-order chi connectivity index (χ1) is 7.58. The van der Waals surface area contributed by atoms with Gasteiger partial charge in [-0.3, -0.25) is 0 Å². The van der Waals surface area contributed by atoms with Gasteiger partial charge >= 0.3 is 7.12 Å². The van der Waals surface area contributed by atoms with Gasteiger partial charge in [-0.05, 0) is 25.1 Å². The molecule has 2 N–H and O–H groups in total. The number of benzene rings is 1. The summed E-state index contributed by atoms with van der Waals surface area (Å²) < 4.78 is 1.68. The van der Waals surface area contributed by atoms with Crippen molar-refractivity contribution >= 4 is 24.2 Å². The third-order valence-electron chi connectivity index (χ3n) is 2.25. The summed E-state index contributed by atoms with van der Waals surface area (Å²) in [6, 6.07) is 6.82. The second kappa shape index (κ2) is 4.29. The number of rotatable bonds is 2. The van der Waals surface area contributed by atoms with E-state index in [-0.39, 0.29) is 5.46 Å². The van der Waals surface area contributed by atoms with Gasteiger partial charge in [0.05, 0.1) is 11.4 Å². The van der Waals surface area contributed by atoms with E-state index < -0.39 is 7.12 Å². The van der Waals surface area contributed by atoms with Gasteiger partial charge in [-0.1, -0.05) is 17.7 Å². The Balaban J connectivity index is 2.42. The molecule has 0 amide bonds. The summed E-state index contributed by atoms with van der Waals surface area (Å²) in [6.45, 7) is 1.89. The second-order valence-electron chi connectivity index (χ2n) is 3.48. The van der Waals surface area contributed by atoms with E-state index in [9.17, 15) is 0 Å². The first-order valence-electron chi connectivity index (χ1n) is 4.76.